The summed E-state index contributed by atoms with van der Waals surface area (Å²) in [7, 11) is 1.85. The average molecular weight is 418 g/mol. The number of rotatable bonds is 6. The summed E-state index contributed by atoms with van der Waals surface area (Å²) in [5, 5.41) is 12.6. The number of likely N-dealkylation sites (N-methyl/N-ethyl adjacent to an activating group) is 1. The van der Waals surface area contributed by atoms with Crippen molar-refractivity contribution < 1.29 is 14.3 Å². The maximum absolute atomic E-state index is 12.7. The first-order chi connectivity index (χ1) is 14.9. The van der Waals surface area contributed by atoms with Crippen LogP contribution in [-0.2, 0) is 14.3 Å². The van der Waals surface area contributed by atoms with Gasteiger partial charge in [-0.25, -0.2) is 4.79 Å². The third-order valence-electron chi connectivity index (χ3n) is 5.57. The summed E-state index contributed by atoms with van der Waals surface area (Å²) in [5.41, 5.74) is 5.17. The second kappa shape index (κ2) is 9.48. The molecule has 0 aliphatic carbocycles. The van der Waals surface area contributed by atoms with Crippen LogP contribution in [0.5, 0.6) is 0 Å². The molecule has 2 unspecified atom stereocenters. The van der Waals surface area contributed by atoms with Crippen LogP contribution in [0.25, 0.3) is 11.1 Å². The standard InChI is InChI=1S/C25H27N3O3/c1-5-22-21(15-26)23(24(28(22)4)25(30)31-6-2)19-9-7-17(8-10-19)18-11-13-20(14-12-18)27-16(3)29/h7-14,23-24H,5-6H2,1-4H3,(H,27,29). The number of nitrogens with one attached hydrogen (secondary N) is 1. The molecule has 2 aromatic carbocycles. The highest BCUT2D eigenvalue weighted by Gasteiger charge is 2.44. The van der Waals surface area contributed by atoms with E-state index in [0.29, 0.717) is 18.6 Å². The van der Waals surface area contributed by atoms with E-state index >= 15 is 0 Å². The fourth-order valence-electron chi connectivity index (χ4n) is 4.20. The van der Waals surface area contributed by atoms with Gasteiger partial charge < -0.3 is 15.0 Å². The van der Waals surface area contributed by atoms with Crippen LogP contribution in [-0.4, -0.2) is 36.5 Å². The number of amides is 1. The van der Waals surface area contributed by atoms with Gasteiger partial charge >= 0.3 is 5.97 Å². The molecular weight excluding hydrogens is 390 g/mol. The lowest BCUT2D eigenvalue weighted by Gasteiger charge is -2.27. The Bertz CT molecular complexity index is 1030. The molecule has 0 saturated heterocycles. The van der Waals surface area contributed by atoms with Crippen LogP contribution in [0.3, 0.4) is 0 Å². The SMILES string of the molecule is CCOC(=O)C1C(c2ccc(-c3ccc(NC(C)=O)cc3)cc2)C(C#N)=C(CC)N1C. The molecule has 3 rings (SSSR count). The van der Waals surface area contributed by atoms with Crippen molar-refractivity contribution in [1.82, 2.24) is 4.90 Å². The van der Waals surface area contributed by atoms with Crippen LogP contribution < -0.4 is 5.32 Å². The number of ether oxygens (including phenoxy) is 1. The maximum atomic E-state index is 12.7. The topological polar surface area (TPSA) is 82.4 Å². The molecule has 1 heterocycles. The van der Waals surface area contributed by atoms with Gasteiger partial charge in [-0.15, -0.1) is 0 Å². The zero-order valence-electron chi connectivity index (χ0n) is 18.3. The fourth-order valence-corrected chi connectivity index (χ4v) is 4.20. The van der Waals surface area contributed by atoms with E-state index in [0.717, 1.165) is 28.1 Å². The van der Waals surface area contributed by atoms with Crippen LogP contribution in [0.15, 0.2) is 59.8 Å². The number of nitrogens with zero attached hydrogens (tertiary/aromatic N) is 2. The van der Waals surface area contributed by atoms with Gasteiger partial charge in [0.25, 0.3) is 0 Å². The van der Waals surface area contributed by atoms with Crippen molar-refractivity contribution in [3.05, 3.63) is 65.4 Å². The van der Waals surface area contributed by atoms with E-state index in [4.69, 9.17) is 4.74 Å². The molecule has 1 aliphatic rings. The third-order valence-corrected chi connectivity index (χ3v) is 5.57. The minimum Gasteiger partial charge on any atom is -0.464 e. The lowest BCUT2D eigenvalue weighted by Crippen LogP contribution is -2.39. The Morgan fingerprint density at radius 3 is 2.13 bits per heavy atom. The molecule has 31 heavy (non-hydrogen) atoms. The minimum atomic E-state index is -0.549. The van der Waals surface area contributed by atoms with Crippen molar-refractivity contribution in [2.24, 2.45) is 0 Å². The van der Waals surface area contributed by atoms with Crippen molar-refractivity contribution in [2.75, 3.05) is 19.0 Å². The monoisotopic (exact) mass is 417 g/mol. The van der Waals surface area contributed by atoms with Crippen LogP contribution in [0.4, 0.5) is 5.69 Å². The predicted molar refractivity (Wildman–Crippen MR) is 120 cm³/mol. The Labute approximate surface area is 183 Å². The van der Waals surface area contributed by atoms with Gasteiger partial charge in [0.1, 0.15) is 6.04 Å². The van der Waals surface area contributed by atoms with E-state index in [-0.39, 0.29) is 17.8 Å². The zero-order chi connectivity index (χ0) is 22.5. The molecule has 0 radical (unpaired) electrons. The number of hydrogen-bond acceptors (Lipinski definition) is 5. The van der Waals surface area contributed by atoms with Gasteiger partial charge in [-0.05, 0) is 42.2 Å². The second-order valence-electron chi connectivity index (χ2n) is 7.49. The molecule has 1 amide bonds. The predicted octanol–water partition coefficient (Wildman–Crippen LogP) is 4.46. The third kappa shape index (κ3) is 4.46. The number of carbonyl (C=O) groups excluding carboxylic acids is 2. The zero-order valence-corrected chi connectivity index (χ0v) is 18.3. The molecule has 0 spiro atoms. The smallest absolute Gasteiger partial charge is 0.329 e. The van der Waals surface area contributed by atoms with Gasteiger partial charge in [0.2, 0.25) is 5.91 Å². The molecule has 1 aliphatic heterocycles. The molecule has 0 bridgehead atoms. The quantitative estimate of drug-likeness (QED) is 0.702. The molecule has 160 valence electrons. The van der Waals surface area contributed by atoms with E-state index in [1.165, 1.54) is 6.92 Å². The Kier molecular flexibility index (Phi) is 6.76. The highest BCUT2D eigenvalue weighted by molar-refractivity contribution is 5.89. The molecular formula is C25H27N3O3. The van der Waals surface area contributed by atoms with Crippen molar-refractivity contribution >= 4 is 17.6 Å². The van der Waals surface area contributed by atoms with Crippen LogP contribution >= 0.6 is 0 Å². The molecule has 6 nitrogen and oxygen atoms in total. The summed E-state index contributed by atoms with van der Waals surface area (Å²) in [5.74, 6) is -0.786. The summed E-state index contributed by atoms with van der Waals surface area (Å²) in [4.78, 5) is 25.8. The fraction of sp³-hybridized carbons (Fsp3) is 0.320. The van der Waals surface area contributed by atoms with Crippen LogP contribution in [0, 0.1) is 11.3 Å². The number of benzene rings is 2. The number of allylic oxidation sites excluding steroid dienone is 1. The van der Waals surface area contributed by atoms with Crippen molar-refractivity contribution in [2.45, 2.75) is 39.2 Å². The summed E-state index contributed by atoms with van der Waals surface area (Å²) >= 11 is 0. The molecule has 2 aromatic rings. The lowest BCUT2D eigenvalue weighted by molar-refractivity contribution is -0.148. The number of hydrogen-bond donors (Lipinski definition) is 1. The Morgan fingerprint density at radius 1 is 1.06 bits per heavy atom. The van der Waals surface area contributed by atoms with Crippen molar-refractivity contribution in [3.8, 4) is 17.2 Å². The number of esters is 1. The molecule has 6 heteroatoms. The lowest BCUT2D eigenvalue weighted by atomic mass is 9.86. The number of carbonyl (C=O) groups is 2. The Morgan fingerprint density at radius 2 is 1.65 bits per heavy atom. The summed E-state index contributed by atoms with van der Waals surface area (Å²) < 4.78 is 5.32. The molecule has 0 fully saturated rings. The van der Waals surface area contributed by atoms with E-state index in [1.54, 1.807) is 6.92 Å². The van der Waals surface area contributed by atoms with E-state index in [9.17, 15) is 14.9 Å². The van der Waals surface area contributed by atoms with Crippen LogP contribution in [0.1, 0.15) is 38.7 Å². The van der Waals surface area contributed by atoms with Gasteiger partial charge in [0, 0.05) is 25.4 Å². The second-order valence-corrected chi connectivity index (χ2v) is 7.49. The van der Waals surface area contributed by atoms with E-state index in [2.05, 4.69) is 11.4 Å². The largest absolute Gasteiger partial charge is 0.464 e. The first-order valence-electron chi connectivity index (χ1n) is 10.4. The number of anilines is 1. The van der Waals surface area contributed by atoms with Gasteiger partial charge in [0.05, 0.1) is 24.2 Å². The van der Waals surface area contributed by atoms with Crippen molar-refractivity contribution in [3.63, 3.8) is 0 Å². The summed E-state index contributed by atoms with van der Waals surface area (Å²) in [6.07, 6.45) is 0.671. The van der Waals surface area contributed by atoms with Crippen LogP contribution in [0.2, 0.25) is 0 Å². The Balaban J connectivity index is 1.93. The summed E-state index contributed by atoms with van der Waals surface area (Å²) in [6.45, 7) is 5.55. The van der Waals surface area contributed by atoms with Crippen molar-refractivity contribution in [1.29, 1.82) is 5.26 Å². The van der Waals surface area contributed by atoms with Gasteiger partial charge in [-0.3, -0.25) is 4.79 Å². The Hall–Kier alpha value is -3.59. The average Bonchev–Trinajstić information content (AvgIpc) is 3.05. The molecule has 0 saturated carbocycles. The normalized spacial score (nSPS) is 18.0. The first kappa shape index (κ1) is 22.1. The van der Waals surface area contributed by atoms with Gasteiger partial charge in [-0.2, -0.15) is 5.26 Å². The van der Waals surface area contributed by atoms with E-state index in [1.807, 2.05) is 67.4 Å². The number of nitriles is 1. The maximum Gasteiger partial charge on any atom is 0.329 e. The van der Waals surface area contributed by atoms with Gasteiger partial charge in [0.15, 0.2) is 0 Å². The van der Waals surface area contributed by atoms with E-state index < -0.39 is 6.04 Å². The highest BCUT2D eigenvalue weighted by Crippen LogP contribution is 2.42. The molecule has 1 N–H and O–H groups in total. The molecule has 0 aromatic heterocycles. The molecule has 2 atom stereocenters. The van der Waals surface area contributed by atoms with Gasteiger partial charge in [-0.1, -0.05) is 43.3 Å². The highest BCUT2D eigenvalue weighted by atomic mass is 16.5. The minimum absolute atomic E-state index is 0.109. The summed E-state index contributed by atoms with van der Waals surface area (Å²) in [6, 6.07) is 17.3. The first-order valence-corrected chi connectivity index (χ1v) is 10.4.